The van der Waals surface area contributed by atoms with Crippen LogP contribution in [0.15, 0.2) is 28.7 Å². The van der Waals surface area contributed by atoms with Gasteiger partial charge < -0.3 is 14.2 Å². The molecular weight excluding hydrogens is 358 g/mol. The molecule has 23 heavy (non-hydrogen) atoms. The summed E-state index contributed by atoms with van der Waals surface area (Å²) in [5.74, 6) is 0.886. The largest absolute Gasteiger partial charge is 0.473 e. The Morgan fingerprint density at radius 2 is 1.78 bits per heavy atom. The topological polar surface area (TPSA) is 30.9 Å². The highest BCUT2D eigenvalue weighted by Crippen LogP contribution is 2.22. The summed E-state index contributed by atoms with van der Waals surface area (Å²) in [7, 11) is 0. The number of morpholine rings is 1. The summed E-state index contributed by atoms with van der Waals surface area (Å²) in [5, 5.41) is 0. The lowest BCUT2D eigenvalue weighted by molar-refractivity contribution is -0.0992. The molecule has 4 nitrogen and oxygen atoms in total. The number of ether oxygens (including phenoxy) is 3. The van der Waals surface area contributed by atoms with Crippen molar-refractivity contribution in [3.05, 3.63) is 28.7 Å². The first-order valence-corrected chi connectivity index (χ1v) is 9.46. The Labute approximate surface area is 147 Å². The van der Waals surface area contributed by atoms with Crippen LogP contribution in [0.3, 0.4) is 0 Å². The predicted octanol–water partition coefficient (Wildman–Crippen LogP) is 3.84. The van der Waals surface area contributed by atoms with Gasteiger partial charge in [0.05, 0.1) is 25.9 Å². The summed E-state index contributed by atoms with van der Waals surface area (Å²) < 4.78 is 18.9. The van der Waals surface area contributed by atoms with E-state index < -0.39 is 0 Å². The fraction of sp³-hybridized carbons (Fsp3) is 0.667. The molecule has 0 N–H and O–H groups in total. The average Bonchev–Trinajstić information content (AvgIpc) is 2.62. The minimum atomic E-state index is -0.0398. The summed E-state index contributed by atoms with van der Waals surface area (Å²) in [6.07, 6.45) is 6.67. The second kappa shape index (κ2) is 9.02. The number of benzene rings is 1. The normalized spacial score (nSPS) is 22.0. The van der Waals surface area contributed by atoms with Gasteiger partial charge in [0.25, 0.3) is 0 Å². The Hall–Kier alpha value is -0.620. The number of hydrogen-bond donors (Lipinski definition) is 0. The molecule has 0 aromatic heterocycles. The van der Waals surface area contributed by atoms with E-state index in [-0.39, 0.29) is 6.23 Å². The second-order valence-electron chi connectivity index (χ2n) is 6.27. The molecule has 1 aliphatic heterocycles. The lowest BCUT2D eigenvalue weighted by Crippen LogP contribution is -2.49. The zero-order valence-electron chi connectivity index (χ0n) is 13.6. The Bertz CT molecular complexity index is 456. The zero-order chi connectivity index (χ0) is 15.9. The minimum absolute atomic E-state index is 0.0398. The number of nitrogens with zero attached hydrogens (tertiary/aromatic N) is 1. The standard InChI is InChI=1S/C18H26BrNO3/c19-15-6-8-17(9-7-15)23-18(20-10-12-21-13-11-20)14-22-16-4-2-1-3-5-16/h6-9,16,18H,1-5,10-14H2. The third kappa shape index (κ3) is 5.45. The molecule has 2 aliphatic rings. The minimum Gasteiger partial charge on any atom is -0.473 e. The van der Waals surface area contributed by atoms with Gasteiger partial charge in [0, 0.05) is 17.6 Å². The van der Waals surface area contributed by atoms with Crippen molar-refractivity contribution in [1.82, 2.24) is 4.90 Å². The van der Waals surface area contributed by atoms with Crippen LogP contribution in [0.2, 0.25) is 0 Å². The molecule has 0 amide bonds. The van der Waals surface area contributed by atoms with Crippen LogP contribution in [-0.4, -0.2) is 50.1 Å². The molecule has 1 heterocycles. The molecule has 1 aliphatic carbocycles. The third-order valence-corrected chi connectivity index (χ3v) is 5.09. The molecule has 1 aromatic carbocycles. The summed E-state index contributed by atoms with van der Waals surface area (Å²) in [6, 6.07) is 8.01. The first kappa shape index (κ1) is 17.2. The van der Waals surface area contributed by atoms with Crippen LogP contribution < -0.4 is 4.74 Å². The first-order chi connectivity index (χ1) is 11.3. The zero-order valence-corrected chi connectivity index (χ0v) is 15.2. The van der Waals surface area contributed by atoms with E-state index in [9.17, 15) is 0 Å². The molecule has 1 unspecified atom stereocenters. The smallest absolute Gasteiger partial charge is 0.176 e. The maximum Gasteiger partial charge on any atom is 0.176 e. The first-order valence-electron chi connectivity index (χ1n) is 8.67. The van der Waals surface area contributed by atoms with E-state index in [1.807, 2.05) is 24.3 Å². The Balaban J connectivity index is 1.59. The summed E-state index contributed by atoms with van der Waals surface area (Å²) in [5.41, 5.74) is 0. The summed E-state index contributed by atoms with van der Waals surface area (Å²) >= 11 is 3.46. The maximum atomic E-state index is 6.22. The van der Waals surface area contributed by atoms with Crippen LogP contribution >= 0.6 is 15.9 Å². The van der Waals surface area contributed by atoms with Gasteiger partial charge in [-0.1, -0.05) is 35.2 Å². The van der Waals surface area contributed by atoms with Crippen molar-refractivity contribution < 1.29 is 14.2 Å². The summed E-state index contributed by atoms with van der Waals surface area (Å²) in [6.45, 7) is 3.96. The van der Waals surface area contributed by atoms with E-state index in [4.69, 9.17) is 14.2 Å². The highest BCUT2D eigenvalue weighted by molar-refractivity contribution is 9.10. The van der Waals surface area contributed by atoms with Crippen LogP contribution in [0.4, 0.5) is 0 Å². The SMILES string of the molecule is Brc1ccc(OC(COC2CCCCC2)N2CCOCC2)cc1. The van der Waals surface area contributed by atoms with Crippen molar-refractivity contribution in [1.29, 1.82) is 0 Å². The molecule has 5 heteroatoms. The van der Waals surface area contributed by atoms with E-state index >= 15 is 0 Å². The second-order valence-corrected chi connectivity index (χ2v) is 7.18. The van der Waals surface area contributed by atoms with E-state index in [0.717, 1.165) is 36.5 Å². The number of halogens is 1. The molecule has 0 spiro atoms. The van der Waals surface area contributed by atoms with Crippen molar-refractivity contribution >= 4 is 15.9 Å². The molecule has 0 radical (unpaired) electrons. The molecule has 1 saturated heterocycles. The van der Waals surface area contributed by atoms with E-state index in [0.29, 0.717) is 12.7 Å². The van der Waals surface area contributed by atoms with Gasteiger partial charge in [-0.3, -0.25) is 4.90 Å². The van der Waals surface area contributed by atoms with E-state index in [1.165, 1.54) is 32.1 Å². The van der Waals surface area contributed by atoms with E-state index in [2.05, 4.69) is 20.8 Å². The monoisotopic (exact) mass is 383 g/mol. The van der Waals surface area contributed by atoms with Crippen LogP contribution in [0.5, 0.6) is 5.75 Å². The van der Waals surface area contributed by atoms with Gasteiger partial charge in [-0.25, -0.2) is 0 Å². The van der Waals surface area contributed by atoms with Gasteiger partial charge in [-0.05, 0) is 37.1 Å². The highest BCUT2D eigenvalue weighted by atomic mass is 79.9. The van der Waals surface area contributed by atoms with Gasteiger partial charge >= 0.3 is 0 Å². The third-order valence-electron chi connectivity index (χ3n) is 4.57. The number of hydrogen-bond acceptors (Lipinski definition) is 4. The van der Waals surface area contributed by atoms with Crippen LogP contribution in [0.1, 0.15) is 32.1 Å². The fourth-order valence-electron chi connectivity index (χ4n) is 3.20. The van der Waals surface area contributed by atoms with Gasteiger partial charge in [-0.15, -0.1) is 0 Å². The lowest BCUT2D eigenvalue weighted by atomic mass is 9.98. The maximum absolute atomic E-state index is 6.22. The average molecular weight is 384 g/mol. The van der Waals surface area contributed by atoms with Crippen molar-refractivity contribution in [2.45, 2.75) is 44.4 Å². The molecule has 1 atom stereocenters. The van der Waals surface area contributed by atoms with Crippen molar-refractivity contribution in [3.63, 3.8) is 0 Å². The van der Waals surface area contributed by atoms with Crippen LogP contribution in [-0.2, 0) is 9.47 Å². The van der Waals surface area contributed by atoms with E-state index in [1.54, 1.807) is 0 Å². The van der Waals surface area contributed by atoms with Crippen molar-refractivity contribution in [3.8, 4) is 5.75 Å². The molecule has 1 saturated carbocycles. The fourth-order valence-corrected chi connectivity index (χ4v) is 3.46. The lowest BCUT2D eigenvalue weighted by Gasteiger charge is -2.35. The molecule has 128 valence electrons. The Morgan fingerprint density at radius 1 is 1.09 bits per heavy atom. The van der Waals surface area contributed by atoms with Gasteiger partial charge in [0.15, 0.2) is 6.23 Å². The molecule has 0 bridgehead atoms. The quantitative estimate of drug-likeness (QED) is 0.746. The van der Waals surface area contributed by atoms with Gasteiger partial charge in [-0.2, -0.15) is 0 Å². The van der Waals surface area contributed by atoms with Crippen molar-refractivity contribution in [2.75, 3.05) is 32.9 Å². The molecule has 2 fully saturated rings. The van der Waals surface area contributed by atoms with Gasteiger partial charge in [0.2, 0.25) is 0 Å². The van der Waals surface area contributed by atoms with Crippen molar-refractivity contribution in [2.24, 2.45) is 0 Å². The molecular formula is C18H26BrNO3. The van der Waals surface area contributed by atoms with Gasteiger partial charge in [0.1, 0.15) is 5.75 Å². The summed E-state index contributed by atoms with van der Waals surface area (Å²) in [4.78, 5) is 2.33. The van der Waals surface area contributed by atoms with Crippen LogP contribution in [0, 0.1) is 0 Å². The Kier molecular flexibility index (Phi) is 6.75. The molecule has 1 aromatic rings. The Morgan fingerprint density at radius 3 is 2.48 bits per heavy atom. The predicted molar refractivity (Wildman–Crippen MR) is 93.8 cm³/mol. The molecule has 3 rings (SSSR count). The van der Waals surface area contributed by atoms with Crippen LogP contribution in [0.25, 0.3) is 0 Å². The number of rotatable bonds is 6. The highest BCUT2D eigenvalue weighted by Gasteiger charge is 2.25.